The Hall–Kier alpha value is -0.990. The molecule has 0 saturated carbocycles. The van der Waals surface area contributed by atoms with Crippen LogP contribution in [0.2, 0.25) is 0 Å². The molecule has 0 aromatic carbocycles. The van der Waals surface area contributed by atoms with Crippen molar-refractivity contribution in [2.45, 2.75) is 39.5 Å². The van der Waals surface area contributed by atoms with Gasteiger partial charge in [-0.25, -0.2) is 4.79 Å². The molecule has 0 aliphatic carbocycles. The molecule has 82 valence electrons. The third kappa shape index (κ3) is 9.10. The lowest BCUT2D eigenvalue weighted by molar-refractivity contribution is 0.244. The summed E-state index contributed by atoms with van der Waals surface area (Å²) in [5, 5.41) is 5.22. The molecular weight excluding hydrogens is 176 g/mol. The first-order chi connectivity index (χ1) is 6.66. The summed E-state index contributed by atoms with van der Waals surface area (Å²) in [7, 11) is 0. The number of hydrogen-bond donors (Lipinski definition) is 2. The molecule has 0 aliphatic rings. The molecule has 0 fully saturated rings. The van der Waals surface area contributed by atoms with Gasteiger partial charge < -0.3 is 10.6 Å². The van der Waals surface area contributed by atoms with Crippen LogP contribution in [0, 0.1) is 5.92 Å². The molecule has 0 unspecified atom stereocenters. The van der Waals surface area contributed by atoms with Gasteiger partial charge in [-0.3, -0.25) is 0 Å². The second kappa shape index (κ2) is 8.60. The smallest absolute Gasteiger partial charge is 0.318 e. The predicted octanol–water partition coefficient (Wildman–Crippen LogP) is 2.65. The van der Waals surface area contributed by atoms with Gasteiger partial charge in [0.25, 0.3) is 0 Å². The summed E-state index contributed by atoms with van der Waals surface area (Å²) in [6.45, 7) is 8.62. The molecule has 0 aromatic rings. The van der Waals surface area contributed by atoms with Gasteiger partial charge in [0.15, 0.2) is 0 Å². The van der Waals surface area contributed by atoms with Crippen molar-refractivity contribution >= 4 is 6.03 Å². The number of unbranched alkanes of at least 4 members (excludes halogenated alkanes) is 2. The Morgan fingerprint density at radius 2 is 2.07 bits per heavy atom. The standard InChI is InChI=1S/C11H22N2O/c1-4-12-11(14)13-9-7-5-6-8-10(2)3/h4,10H,1,5-9H2,2-3H3,(H2,12,13,14). The highest BCUT2D eigenvalue weighted by Crippen LogP contribution is 2.07. The summed E-state index contributed by atoms with van der Waals surface area (Å²) in [6, 6.07) is -0.163. The highest BCUT2D eigenvalue weighted by Gasteiger charge is 1.96. The Bertz CT molecular complexity index is 167. The van der Waals surface area contributed by atoms with Gasteiger partial charge in [0, 0.05) is 6.54 Å². The van der Waals surface area contributed by atoms with Crippen molar-refractivity contribution in [2.24, 2.45) is 5.92 Å². The van der Waals surface area contributed by atoms with Crippen LogP contribution in [0.4, 0.5) is 4.79 Å². The molecule has 0 bridgehead atoms. The van der Waals surface area contributed by atoms with Crippen LogP contribution in [0.3, 0.4) is 0 Å². The molecule has 3 heteroatoms. The van der Waals surface area contributed by atoms with E-state index in [2.05, 4.69) is 31.1 Å². The summed E-state index contributed by atoms with van der Waals surface area (Å²) in [6.07, 6.45) is 6.15. The average Bonchev–Trinajstić information content (AvgIpc) is 2.11. The lowest BCUT2D eigenvalue weighted by Gasteiger charge is -2.05. The molecule has 0 aromatic heterocycles. The maximum atomic E-state index is 10.9. The van der Waals surface area contributed by atoms with Gasteiger partial charge in [0.2, 0.25) is 0 Å². The van der Waals surface area contributed by atoms with Gasteiger partial charge in [-0.05, 0) is 18.5 Å². The third-order valence-electron chi connectivity index (χ3n) is 1.98. The maximum absolute atomic E-state index is 10.9. The Balaban J connectivity index is 3.13. The number of amides is 2. The van der Waals surface area contributed by atoms with Crippen molar-refractivity contribution < 1.29 is 4.79 Å². The Labute approximate surface area is 87.0 Å². The molecule has 2 amide bonds. The topological polar surface area (TPSA) is 41.1 Å². The van der Waals surface area contributed by atoms with Crippen LogP contribution in [0.15, 0.2) is 12.8 Å². The van der Waals surface area contributed by atoms with Crippen molar-refractivity contribution in [1.29, 1.82) is 0 Å². The second-order valence-electron chi connectivity index (χ2n) is 3.85. The first kappa shape index (κ1) is 13.0. The number of rotatable bonds is 7. The van der Waals surface area contributed by atoms with Crippen LogP contribution in [-0.2, 0) is 0 Å². The fourth-order valence-electron chi connectivity index (χ4n) is 1.20. The summed E-state index contributed by atoms with van der Waals surface area (Å²) >= 11 is 0. The number of carbonyl (C=O) groups is 1. The van der Waals surface area contributed by atoms with Crippen molar-refractivity contribution in [2.75, 3.05) is 6.54 Å². The van der Waals surface area contributed by atoms with Crippen LogP contribution in [-0.4, -0.2) is 12.6 Å². The molecule has 14 heavy (non-hydrogen) atoms. The largest absolute Gasteiger partial charge is 0.338 e. The zero-order valence-electron chi connectivity index (χ0n) is 9.31. The highest BCUT2D eigenvalue weighted by atomic mass is 16.2. The van der Waals surface area contributed by atoms with E-state index in [1.165, 1.54) is 25.5 Å². The normalized spacial score (nSPS) is 9.93. The molecular formula is C11H22N2O. The number of nitrogens with one attached hydrogen (secondary N) is 2. The Kier molecular flexibility index (Phi) is 7.99. The van der Waals surface area contributed by atoms with Crippen molar-refractivity contribution in [3.63, 3.8) is 0 Å². The zero-order valence-corrected chi connectivity index (χ0v) is 9.31. The van der Waals surface area contributed by atoms with Crippen LogP contribution in [0.25, 0.3) is 0 Å². The Morgan fingerprint density at radius 3 is 2.64 bits per heavy atom. The van der Waals surface area contributed by atoms with Gasteiger partial charge in [-0.1, -0.05) is 39.7 Å². The van der Waals surface area contributed by atoms with E-state index >= 15 is 0 Å². The second-order valence-corrected chi connectivity index (χ2v) is 3.85. The minimum Gasteiger partial charge on any atom is -0.338 e. The molecule has 0 saturated heterocycles. The van der Waals surface area contributed by atoms with E-state index in [-0.39, 0.29) is 6.03 Å². The molecule has 0 rings (SSSR count). The van der Waals surface area contributed by atoms with Gasteiger partial charge in [0.1, 0.15) is 0 Å². The summed E-state index contributed by atoms with van der Waals surface area (Å²) < 4.78 is 0. The quantitative estimate of drug-likeness (QED) is 0.607. The molecule has 0 atom stereocenters. The molecule has 0 radical (unpaired) electrons. The van der Waals surface area contributed by atoms with E-state index in [9.17, 15) is 4.79 Å². The van der Waals surface area contributed by atoms with Crippen molar-refractivity contribution in [3.8, 4) is 0 Å². The fourth-order valence-corrected chi connectivity index (χ4v) is 1.20. The van der Waals surface area contributed by atoms with E-state index in [1.807, 2.05) is 0 Å². The third-order valence-corrected chi connectivity index (χ3v) is 1.98. The maximum Gasteiger partial charge on any atom is 0.318 e. The van der Waals surface area contributed by atoms with E-state index in [0.717, 1.165) is 18.9 Å². The minimum atomic E-state index is -0.163. The Morgan fingerprint density at radius 1 is 1.36 bits per heavy atom. The molecule has 2 N–H and O–H groups in total. The summed E-state index contributed by atoms with van der Waals surface area (Å²) in [4.78, 5) is 10.9. The van der Waals surface area contributed by atoms with Crippen molar-refractivity contribution in [1.82, 2.24) is 10.6 Å². The number of urea groups is 1. The lowest BCUT2D eigenvalue weighted by atomic mass is 10.1. The van der Waals surface area contributed by atoms with Gasteiger partial charge >= 0.3 is 6.03 Å². The minimum absolute atomic E-state index is 0.163. The first-order valence-electron chi connectivity index (χ1n) is 5.32. The van der Waals surface area contributed by atoms with Crippen molar-refractivity contribution in [3.05, 3.63) is 12.8 Å². The SMILES string of the molecule is C=CNC(=O)NCCCCCC(C)C. The molecule has 0 heterocycles. The fraction of sp³-hybridized carbons (Fsp3) is 0.727. The molecule has 3 nitrogen and oxygen atoms in total. The monoisotopic (exact) mass is 198 g/mol. The predicted molar refractivity (Wildman–Crippen MR) is 60.0 cm³/mol. The van der Waals surface area contributed by atoms with E-state index < -0.39 is 0 Å². The van der Waals surface area contributed by atoms with Gasteiger partial charge in [-0.2, -0.15) is 0 Å². The van der Waals surface area contributed by atoms with Crippen LogP contribution < -0.4 is 10.6 Å². The van der Waals surface area contributed by atoms with E-state index in [4.69, 9.17) is 0 Å². The van der Waals surface area contributed by atoms with Crippen LogP contribution in [0.1, 0.15) is 39.5 Å². The lowest BCUT2D eigenvalue weighted by Crippen LogP contribution is -2.32. The zero-order chi connectivity index (χ0) is 10.8. The van der Waals surface area contributed by atoms with E-state index in [0.29, 0.717) is 0 Å². The first-order valence-corrected chi connectivity index (χ1v) is 5.32. The van der Waals surface area contributed by atoms with Crippen LogP contribution >= 0.6 is 0 Å². The van der Waals surface area contributed by atoms with E-state index in [1.54, 1.807) is 0 Å². The summed E-state index contributed by atoms with van der Waals surface area (Å²) in [5.41, 5.74) is 0. The summed E-state index contributed by atoms with van der Waals surface area (Å²) in [5.74, 6) is 0.784. The van der Waals surface area contributed by atoms with Gasteiger partial charge in [-0.15, -0.1) is 0 Å². The molecule has 0 spiro atoms. The molecule has 0 aliphatic heterocycles. The van der Waals surface area contributed by atoms with Crippen LogP contribution in [0.5, 0.6) is 0 Å². The average molecular weight is 198 g/mol. The highest BCUT2D eigenvalue weighted by molar-refractivity contribution is 5.74. The number of carbonyl (C=O) groups excluding carboxylic acids is 1. The van der Waals surface area contributed by atoms with Gasteiger partial charge in [0.05, 0.1) is 0 Å². The number of hydrogen-bond acceptors (Lipinski definition) is 1.